The normalized spacial score (nSPS) is 15.2. The van der Waals surface area contributed by atoms with Gasteiger partial charge in [-0.3, -0.25) is 13.9 Å². The molecular weight excluding hydrogens is 486 g/mol. The number of carbonyl (C=O) groups is 2. The van der Waals surface area contributed by atoms with E-state index < -0.39 is 22.0 Å². The Balaban J connectivity index is 1.94. The van der Waals surface area contributed by atoms with E-state index in [1.807, 2.05) is 70.2 Å². The fourth-order valence-corrected chi connectivity index (χ4v) is 6.09. The van der Waals surface area contributed by atoms with Crippen molar-refractivity contribution in [3.63, 3.8) is 0 Å². The van der Waals surface area contributed by atoms with Gasteiger partial charge in [0, 0.05) is 12.6 Å². The zero-order valence-corrected chi connectivity index (χ0v) is 23.6. The highest BCUT2D eigenvalue weighted by Crippen LogP contribution is 2.27. The molecular formula is C29H41N3O4S. The molecule has 0 radical (unpaired) electrons. The van der Waals surface area contributed by atoms with Crippen molar-refractivity contribution in [2.24, 2.45) is 0 Å². The topological polar surface area (TPSA) is 86.8 Å². The van der Waals surface area contributed by atoms with Gasteiger partial charge in [0.15, 0.2) is 0 Å². The van der Waals surface area contributed by atoms with Gasteiger partial charge in [0.05, 0.1) is 11.9 Å². The molecule has 1 N–H and O–H groups in total. The SMILES string of the molecule is CC[C@@H](C(=O)NC1CCCCC1)N(Cc1ccc(C)cc1)C(=O)CN(c1c(C)cccc1C)S(C)(=O)=O. The second-order valence-corrected chi connectivity index (χ2v) is 12.2. The number of hydrogen-bond acceptors (Lipinski definition) is 4. The van der Waals surface area contributed by atoms with Crippen LogP contribution in [0.4, 0.5) is 5.69 Å². The number of nitrogens with zero attached hydrogens (tertiary/aromatic N) is 2. The lowest BCUT2D eigenvalue weighted by Gasteiger charge is -2.34. The van der Waals surface area contributed by atoms with Gasteiger partial charge in [-0.05, 0) is 56.7 Å². The Bertz CT molecular complexity index is 1170. The number of benzene rings is 2. The van der Waals surface area contributed by atoms with Crippen molar-refractivity contribution in [2.45, 2.75) is 84.8 Å². The van der Waals surface area contributed by atoms with Crippen LogP contribution in [-0.2, 0) is 26.2 Å². The number of anilines is 1. The molecule has 0 heterocycles. The molecule has 2 amide bonds. The molecule has 1 fully saturated rings. The van der Waals surface area contributed by atoms with Gasteiger partial charge in [-0.2, -0.15) is 0 Å². The third kappa shape index (κ3) is 7.57. The van der Waals surface area contributed by atoms with Crippen molar-refractivity contribution in [2.75, 3.05) is 17.1 Å². The summed E-state index contributed by atoms with van der Waals surface area (Å²) in [4.78, 5) is 28.9. The van der Waals surface area contributed by atoms with E-state index in [1.165, 1.54) is 10.7 Å². The average Bonchev–Trinajstić information content (AvgIpc) is 2.84. The number of sulfonamides is 1. The smallest absolute Gasteiger partial charge is 0.244 e. The van der Waals surface area contributed by atoms with Crippen molar-refractivity contribution in [1.29, 1.82) is 0 Å². The van der Waals surface area contributed by atoms with E-state index in [9.17, 15) is 18.0 Å². The Kier molecular flexibility index (Phi) is 9.76. The van der Waals surface area contributed by atoms with Crippen LogP contribution in [0.2, 0.25) is 0 Å². The predicted octanol–water partition coefficient (Wildman–Crippen LogP) is 4.63. The number of aryl methyl sites for hydroxylation is 3. The van der Waals surface area contributed by atoms with E-state index in [0.29, 0.717) is 12.1 Å². The summed E-state index contributed by atoms with van der Waals surface area (Å²) in [6, 6.07) is 12.8. The molecule has 1 aliphatic carbocycles. The molecule has 2 aromatic rings. The van der Waals surface area contributed by atoms with Crippen molar-refractivity contribution in [1.82, 2.24) is 10.2 Å². The minimum atomic E-state index is -3.76. The van der Waals surface area contributed by atoms with Gasteiger partial charge < -0.3 is 10.2 Å². The monoisotopic (exact) mass is 527 g/mol. The molecule has 7 nitrogen and oxygen atoms in total. The Labute approximate surface area is 222 Å². The van der Waals surface area contributed by atoms with Crippen LogP contribution in [0.1, 0.15) is 67.7 Å². The van der Waals surface area contributed by atoms with Gasteiger partial charge in [0.2, 0.25) is 21.8 Å². The van der Waals surface area contributed by atoms with Crippen LogP contribution in [0.5, 0.6) is 0 Å². The van der Waals surface area contributed by atoms with Crippen molar-refractivity contribution in [3.8, 4) is 0 Å². The number of rotatable bonds is 10. The average molecular weight is 528 g/mol. The van der Waals surface area contributed by atoms with Crippen LogP contribution in [0, 0.1) is 20.8 Å². The molecule has 37 heavy (non-hydrogen) atoms. The third-order valence-corrected chi connectivity index (χ3v) is 8.29. The zero-order valence-electron chi connectivity index (χ0n) is 22.8. The molecule has 202 valence electrons. The van der Waals surface area contributed by atoms with E-state index in [2.05, 4.69) is 5.32 Å². The van der Waals surface area contributed by atoms with Crippen LogP contribution in [-0.4, -0.2) is 50.0 Å². The van der Waals surface area contributed by atoms with Gasteiger partial charge in [-0.15, -0.1) is 0 Å². The van der Waals surface area contributed by atoms with E-state index in [1.54, 1.807) is 4.90 Å². The Hall–Kier alpha value is -2.87. The second kappa shape index (κ2) is 12.6. The highest BCUT2D eigenvalue weighted by Gasteiger charge is 2.33. The summed E-state index contributed by atoms with van der Waals surface area (Å²) >= 11 is 0. The van der Waals surface area contributed by atoms with E-state index in [0.717, 1.165) is 54.2 Å². The molecule has 0 aromatic heterocycles. The van der Waals surface area contributed by atoms with Crippen LogP contribution < -0.4 is 9.62 Å². The molecule has 1 atom stereocenters. The van der Waals surface area contributed by atoms with E-state index in [-0.39, 0.29) is 25.0 Å². The standard InChI is InChI=1S/C29H41N3O4S/c1-6-26(29(34)30-25-13-8-7-9-14-25)31(19-24-17-15-21(2)16-18-24)27(33)20-32(37(5,35)36)28-22(3)11-10-12-23(28)4/h10-12,15-18,25-26H,6-9,13-14,19-20H2,1-5H3,(H,30,34)/t26-/m0/s1. The lowest BCUT2D eigenvalue weighted by Crippen LogP contribution is -2.54. The lowest BCUT2D eigenvalue weighted by molar-refractivity contribution is -0.140. The minimum absolute atomic E-state index is 0.119. The predicted molar refractivity (Wildman–Crippen MR) is 149 cm³/mol. The van der Waals surface area contributed by atoms with Crippen molar-refractivity contribution in [3.05, 3.63) is 64.7 Å². The van der Waals surface area contributed by atoms with Crippen LogP contribution >= 0.6 is 0 Å². The quantitative estimate of drug-likeness (QED) is 0.488. The molecule has 3 rings (SSSR count). The summed E-state index contributed by atoms with van der Waals surface area (Å²) in [6.45, 7) is 7.40. The first-order valence-electron chi connectivity index (χ1n) is 13.2. The first kappa shape index (κ1) is 28.7. The van der Waals surface area contributed by atoms with Gasteiger partial charge in [-0.25, -0.2) is 8.42 Å². The third-order valence-electron chi connectivity index (χ3n) is 7.18. The maximum Gasteiger partial charge on any atom is 0.244 e. The van der Waals surface area contributed by atoms with Crippen LogP contribution in [0.15, 0.2) is 42.5 Å². The minimum Gasteiger partial charge on any atom is -0.352 e. The highest BCUT2D eigenvalue weighted by molar-refractivity contribution is 7.92. The molecule has 0 saturated heterocycles. The maximum atomic E-state index is 13.9. The first-order chi connectivity index (χ1) is 17.5. The Morgan fingerprint density at radius 3 is 2.11 bits per heavy atom. The van der Waals surface area contributed by atoms with Gasteiger partial charge in [0.1, 0.15) is 12.6 Å². The molecule has 1 aliphatic rings. The number of hydrogen-bond donors (Lipinski definition) is 1. The molecule has 0 aliphatic heterocycles. The van der Waals surface area contributed by atoms with Crippen molar-refractivity contribution < 1.29 is 18.0 Å². The summed E-state index contributed by atoms with van der Waals surface area (Å²) in [5.41, 5.74) is 4.03. The van der Waals surface area contributed by atoms with E-state index in [4.69, 9.17) is 0 Å². The molecule has 0 bridgehead atoms. The molecule has 0 spiro atoms. The summed E-state index contributed by atoms with van der Waals surface area (Å²) in [5, 5.41) is 3.17. The molecule has 2 aromatic carbocycles. The van der Waals surface area contributed by atoms with E-state index >= 15 is 0 Å². The summed E-state index contributed by atoms with van der Waals surface area (Å²) < 4.78 is 27.0. The molecule has 8 heteroatoms. The number of amides is 2. The van der Waals surface area contributed by atoms with Crippen molar-refractivity contribution >= 4 is 27.5 Å². The summed E-state index contributed by atoms with van der Waals surface area (Å²) in [7, 11) is -3.76. The van der Waals surface area contributed by atoms with Crippen LogP contribution in [0.3, 0.4) is 0 Å². The van der Waals surface area contributed by atoms with Gasteiger partial charge in [-0.1, -0.05) is 74.2 Å². The highest BCUT2D eigenvalue weighted by atomic mass is 32.2. The number of para-hydroxylation sites is 1. The van der Waals surface area contributed by atoms with Gasteiger partial charge >= 0.3 is 0 Å². The largest absolute Gasteiger partial charge is 0.352 e. The maximum absolute atomic E-state index is 13.9. The Morgan fingerprint density at radius 2 is 1.57 bits per heavy atom. The summed E-state index contributed by atoms with van der Waals surface area (Å²) in [6.07, 6.45) is 6.80. The molecule has 0 unspecified atom stereocenters. The fraction of sp³-hybridized carbons (Fsp3) is 0.517. The van der Waals surface area contributed by atoms with Gasteiger partial charge in [0.25, 0.3) is 0 Å². The number of carbonyl (C=O) groups excluding carboxylic acids is 2. The number of nitrogens with one attached hydrogen (secondary N) is 1. The Morgan fingerprint density at radius 1 is 0.973 bits per heavy atom. The summed E-state index contributed by atoms with van der Waals surface area (Å²) in [5.74, 6) is -0.577. The zero-order chi connectivity index (χ0) is 27.2. The second-order valence-electron chi connectivity index (χ2n) is 10.3. The van der Waals surface area contributed by atoms with Crippen LogP contribution in [0.25, 0.3) is 0 Å². The fourth-order valence-electron chi connectivity index (χ4n) is 5.13. The first-order valence-corrected chi connectivity index (χ1v) is 15.1. The molecule has 1 saturated carbocycles. The lowest BCUT2D eigenvalue weighted by atomic mass is 9.95.